The average molecular weight is 221 g/mol. The van der Waals surface area contributed by atoms with Crippen molar-refractivity contribution in [2.24, 2.45) is 0 Å². The van der Waals surface area contributed by atoms with Crippen LogP contribution in [0.2, 0.25) is 0 Å². The number of hydrogen-bond donors (Lipinski definition) is 1. The molecule has 0 amide bonds. The standard InChI is InChI=1S/C10H19F2N.C2H6/c1-8(2)5-4-6-9(3)13-7-10(11)12;1-2/h5,9-10,13H,4,6-7H2,1-3H3;1-2H3. The van der Waals surface area contributed by atoms with Gasteiger partial charge in [0.05, 0.1) is 6.54 Å². The zero-order valence-electron chi connectivity index (χ0n) is 10.6. The fourth-order valence-electron chi connectivity index (χ4n) is 1.01. The molecule has 1 unspecified atom stereocenters. The fraction of sp³-hybridized carbons (Fsp3) is 0.833. The van der Waals surface area contributed by atoms with Gasteiger partial charge in [0, 0.05) is 6.04 Å². The SMILES string of the molecule is CC.CC(C)=CCCC(C)NCC(F)F. The minimum absolute atomic E-state index is 0.171. The molecule has 0 spiro atoms. The van der Waals surface area contributed by atoms with Gasteiger partial charge in [0.25, 0.3) is 6.43 Å². The highest BCUT2D eigenvalue weighted by Gasteiger charge is 2.04. The first-order valence-corrected chi connectivity index (χ1v) is 5.67. The topological polar surface area (TPSA) is 12.0 Å². The molecule has 15 heavy (non-hydrogen) atoms. The van der Waals surface area contributed by atoms with Gasteiger partial charge in [-0.25, -0.2) is 8.78 Å². The Labute approximate surface area is 93.0 Å². The molecule has 1 nitrogen and oxygen atoms in total. The van der Waals surface area contributed by atoms with E-state index in [-0.39, 0.29) is 12.6 Å². The summed E-state index contributed by atoms with van der Waals surface area (Å²) in [5.74, 6) is 0. The lowest BCUT2D eigenvalue weighted by molar-refractivity contribution is 0.141. The van der Waals surface area contributed by atoms with Crippen molar-refractivity contribution in [2.45, 2.75) is 59.9 Å². The van der Waals surface area contributed by atoms with Gasteiger partial charge in [-0.1, -0.05) is 25.5 Å². The summed E-state index contributed by atoms with van der Waals surface area (Å²) in [4.78, 5) is 0. The molecular formula is C12H25F2N. The molecule has 0 aliphatic heterocycles. The van der Waals surface area contributed by atoms with E-state index in [4.69, 9.17) is 0 Å². The molecule has 0 aromatic rings. The number of halogens is 2. The third-order valence-electron chi connectivity index (χ3n) is 1.77. The second kappa shape index (κ2) is 11.6. The van der Waals surface area contributed by atoms with Crippen LogP contribution in [0.4, 0.5) is 8.78 Å². The molecular weight excluding hydrogens is 196 g/mol. The van der Waals surface area contributed by atoms with Gasteiger partial charge in [0.1, 0.15) is 0 Å². The first-order valence-electron chi connectivity index (χ1n) is 5.67. The van der Waals surface area contributed by atoms with Crippen LogP contribution in [-0.2, 0) is 0 Å². The molecule has 0 saturated carbocycles. The quantitative estimate of drug-likeness (QED) is 0.668. The van der Waals surface area contributed by atoms with Crippen LogP contribution >= 0.6 is 0 Å². The van der Waals surface area contributed by atoms with Gasteiger partial charge < -0.3 is 5.32 Å². The molecule has 0 aliphatic carbocycles. The molecule has 0 bridgehead atoms. The molecule has 0 aromatic carbocycles. The molecule has 3 heteroatoms. The lowest BCUT2D eigenvalue weighted by Crippen LogP contribution is -2.30. The van der Waals surface area contributed by atoms with E-state index in [1.807, 2.05) is 34.6 Å². The molecule has 0 fully saturated rings. The van der Waals surface area contributed by atoms with Crippen molar-refractivity contribution in [3.63, 3.8) is 0 Å². The number of nitrogens with one attached hydrogen (secondary N) is 1. The summed E-state index contributed by atoms with van der Waals surface area (Å²) >= 11 is 0. The zero-order valence-corrected chi connectivity index (χ0v) is 10.6. The van der Waals surface area contributed by atoms with Gasteiger partial charge in [-0.2, -0.15) is 0 Å². The maximum absolute atomic E-state index is 11.8. The van der Waals surface area contributed by atoms with Crippen LogP contribution in [0, 0.1) is 0 Å². The van der Waals surface area contributed by atoms with Gasteiger partial charge in [0.15, 0.2) is 0 Å². The van der Waals surface area contributed by atoms with Crippen LogP contribution in [0.5, 0.6) is 0 Å². The summed E-state index contributed by atoms with van der Waals surface area (Å²) < 4.78 is 23.5. The summed E-state index contributed by atoms with van der Waals surface area (Å²) in [5, 5.41) is 2.78. The third kappa shape index (κ3) is 16.2. The summed E-state index contributed by atoms with van der Waals surface area (Å²) in [5.41, 5.74) is 1.28. The third-order valence-corrected chi connectivity index (χ3v) is 1.77. The summed E-state index contributed by atoms with van der Waals surface area (Å²) in [6.07, 6.45) is 1.75. The molecule has 92 valence electrons. The number of alkyl halides is 2. The van der Waals surface area contributed by atoms with Gasteiger partial charge in [-0.15, -0.1) is 0 Å². The van der Waals surface area contributed by atoms with E-state index in [0.717, 1.165) is 12.8 Å². The lowest BCUT2D eigenvalue weighted by atomic mass is 10.1. The van der Waals surface area contributed by atoms with Crippen LogP contribution in [0.3, 0.4) is 0 Å². The summed E-state index contributed by atoms with van der Waals surface area (Å²) in [6, 6.07) is 0.171. The molecule has 0 aromatic heterocycles. The van der Waals surface area contributed by atoms with E-state index >= 15 is 0 Å². The van der Waals surface area contributed by atoms with Crippen molar-refractivity contribution in [3.8, 4) is 0 Å². The summed E-state index contributed by atoms with van der Waals surface area (Å²) in [6.45, 7) is 9.81. The van der Waals surface area contributed by atoms with Crippen molar-refractivity contribution in [3.05, 3.63) is 11.6 Å². The van der Waals surface area contributed by atoms with Gasteiger partial charge in [-0.3, -0.25) is 0 Å². The van der Waals surface area contributed by atoms with Gasteiger partial charge in [-0.05, 0) is 33.6 Å². The van der Waals surface area contributed by atoms with Crippen molar-refractivity contribution in [2.75, 3.05) is 6.54 Å². The van der Waals surface area contributed by atoms with E-state index < -0.39 is 6.43 Å². The van der Waals surface area contributed by atoms with E-state index in [2.05, 4.69) is 11.4 Å². The molecule has 1 atom stereocenters. The van der Waals surface area contributed by atoms with Crippen molar-refractivity contribution >= 4 is 0 Å². The molecule has 0 heterocycles. The van der Waals surface area contributed by atoms with Crippen LogP contribution in [-0.4, -0.2) is 19.0 Å². The van der Waals surface area contributed by atoms with Crippen LogP contribution < -0.4 is 5.32 Å². The number of rotatable bonds is 6. The normalized spacial score (nSPS) is 11.7. The fourth-order valence-corrected chi connectivity index (χ4v) is 1.01. The van der Waals surface area contributed by atoms with Crippen molar-refractivity contribution in [1.82, 2.24) is 5.32 Å². The maximum Gasteiger partial charge on any atom is 0.250 e. The van der Waals surface area contributed by atoms with Gasteiger partial charge in [0.2, 0.25) is 0 Å². The molecule has 1 N–H and O–H groups in total. The molecule has 0 rings (SSSR count). The van der Waals surface area contributed by atoms with E-state index in [9.17, 15) is 8.78 Å². The van der Waals surface area contributed by atoms with Gasteiger partial charge >= 0.3 is 0 Å². The Morgan fingerprint density at radius 3 is 2.20 bits per heavy atom. The minimum Gasteiger partial charge on any atom is -0.309 e. The highest BCUT2D eigenvalue weighted by molar-refractivity contribution is 4.93. The number of allylic oxidation sites excluding steroid dienone is 2. The summed E-state index contributed by atoms with van der Waals surface area (Å²) in [7, 11) is 0. The molecule has 0 saturated heterocycles. The van der Waals surface area contributed by atoms with Crippen molar-refractivity contribution in [1.29, 1.82) is 0 Å². The Hall–Kier alpha value is -0.440. The van der Waals surface area contributed by atoms with Crippen molar-refractivity contribution < 1.29 is 8.78 Å². The Bertz CT molecular complexity index is 152. The highest BCUT2D eigenvalue weighted by Crippen LogP contribution is 2.01. The second-order valence-corrected chi connectivity index (χ2v) is 3.56. The Morgan fingerprint density at radius 2 is 1.80 bits per heavy atom. The predicted molar refractivity (Wildman–Crippen MR) is 63.5 cm³/mol. The van der Waals surface area contributed by atoms with Crippen LogP contribution in [0.25, 0.3) is 0 Å². The Morgan fingerprint density at radius 1 is 1.27 bits per heavy atom. The van der Waals surface area contributed by atoms with E-state index in [1.54, 1.807) is 0 Å². The first kappa shape index (κ1) is 17.0. The monoisotopic (exact) mass is 221 g/mol. The Kier molecular flexibility index (Phi) is 13.2. The van der Waals surface area contributed by atoms with Crippen LogP contribution in [0.15, 0.2) is 11.6 Å². The first-order chi connectivity index (χ1) is 7.02. The van der Waals surface area contributed by atoms with E-state index in [0.29, 0.717) is 0 Å². The molecule has 0 aliphatic rings. The smallest absolute Gasteiger partial charge is 0.250 e. The predicted octanol–water partition coefficient (Wildman–Crippen LogP) is 4.00. The van der Waals surface area contributed by atoms with E-state index in [1.165, 1.54) is 5.57 Å². The van der Waals surface area contributed by atoms with Crippen LogP contribution in [0.1, 0.15) is 47.5 Å². The highest BCUT2D eigenvalue weighted by atomic mass is 19.3. The lowest BCUT2D eigenvalue weighted by Gasteiger charge is -2.11. The number of hydrogen-bond acceptors (Lipinski definition) is 1. The zero-order chi connectivity index (χ0) is 12.3. The minimum atomic E-state index is -2.24. The Balaban J connectivity index is 0. The maximum atomic E-state index is 11.8. The molecule has 0 radical (unpaired) electrons. The largest absolute Gasteiger partial charge is 0.309 e. The second-order valence-electron chi connectivity index (χ2n) is 3.56. The average Bonchev–Trinajstić information content (AvgIpc) is 2.17.